The molecule has 2 aliphatic heterocycles. The molecule has 0 aromatic heterocycles. The van der Waals surface area contributed by atoms with Gasteiger partial charge in [-0.1, -0.05) is 32.5 Å². The summed E-state index contributed by atoms with van der Waals surface area (Å²) in [5.74, 6) is 4.71. The Balaban J connectivity index is 1.84. The molecule has 2 nitrogen and oxygen atoms in total. The van der Waals surface area contributed by atoms with Crippen LogP contribution in [0.15, 0.2) is 4.99 Å². The fraction of sp³-hybridized carbons (Fsp3) is 0.929. The molecule has 0 radical (unpaired) electrons. The van der Waals surface area contributed by atoms with E-state index < -0.39 is 0 Å². The van der Waals surface area contributed by atoms with Crippen molar-refractivity contribution in [2.45, 2.75) is 46.1 Å². The Morgan fingerprint density at radius 3 is 2.56 bits per heavy atom. The molecule has 0 aromatic rings. The maximum absolute atomic E-state index is 4.83. The van der Waals surface area contributed by atoms with Gasteiger partial charge in [-0.25, -0.2) is 0 Å². The van der Waals surface area contributed by atoms with E-state index in [-0.39, 0.29) is 0 Å². The Morgan fingerprint density at radius 1 is 1.17 bits per heavy atom. The number of thioether (sulfide) groups is 2. The minimum Gasteiger partial charge on any atom is -0.362 e. The van der Waals surface area contributed by atoms with Crippen LogP contribution in [0.1, 0.15) is 40.0 Å². The van der Waals surface area contributed by atoms with E-state index in [4.69, 9.17) is 4.99 Å². The highest BCUT2D eigenvalue weighted by Gasteiger charge is 2.28. The van der Waals surface area contributed by atoms with Gasteiger partial charge < -0.3 is 5.32 Å². The standard InChI is InChI=1S/C14H26N2S2/c1-14(2,3)12-6-9-18-13(16-12)15-10-11-4-7-17-8-5-11/h11-12H,4-10H2,1-3H3,(H,15,16). The molecule has 18 heavy (non-hydrogen) atoms. The van der Waals surface area contributed by atoms with Gasteiger partial charge >= 0.3 is 0 Å². The van der Waals surface area contributed by atoms with E-state index in [2.05, 4.69) is 37.8 Å². The zero-order valence-corrected chi connectivity index (χ0v) is 13.5. The molecule has 2 aliphatic rings. The van der Waals surface area contributed by atoms with Crippen LogP contribution in [0.2, 0.25) is 0 Å². The summed E-state index contributed by atoms with van der Waals surface area (Å²) >= 11 is 4.00. The highest BCUT2D eigenvalue weighted by Crippen LogP contribution is 2.28. The Hall–Kier alpha value is 0.170. The lowest BCUT2D eigenvalue weighted by Crippen LogP contribution is -2.46. The summed E-state index contributed by atoms with van der Waals surface area (Å²) in [5, 5.41) is 4.83. The van der Waals surface area contributed by atoms with Crippen molar-refractivity contribution >= 4 is 28.7 Å². The number of hydrogen-bond donors (Lipinski definition) is 1. The van der Waals surface area contributed by atoms with Crippen LogP contribution < -0.4 is 5.32 Å². The predicted molar refractivity (Wildman–Crippen MR) is 85.8 cm³/mol. The van der Waals surface area contributed by atoms with Gasteiger partial charge in [0.2, 0.25) is 0 Å². The van der Waals surface area contributed by atoms with Crippen molar-refractivity contribution in [1.29, 1.82) is 0 Å². The normalized spacial score (nSPS) is 29.3. The van der Waals surface area contributed by atoms with Crippen LogP contribution in [0.5, 0.6) is 0 Å². The van der Waals surface area contributed by atoms with Crippen LogP contribution in [0.25, 0.3) is 0 Å². The molecule has 4 heteroatoms. The van der Waals surface area contributed by atoms with Gasteiger partial charge in [0.1, 0.15) is 0 Å². The molecule has 0 aliphatic carbocycles. The molecular weight excluding hydrogens is 260 g/mol. The Labute approximate surface area is 120 Å². The van der Waals surface area contributed by atoms with Crippen LogP contribution in [-0.4, -0.2) is 35.0 Å². The van der Waals surface area contributed by atoms with E-state index in [9.17, 15) is 0 Å². The van der Waals surface area contributed by atoms with Crippen molar-refractivity contribution in [2.75, 3.05) is 23.8 Å². The van der Waals surface area contributed by atoms with Crippen molar-refractivity contribution in [3.8, 4) is 0 Å². The smallest absolute Gasteiger partial charge is 0.156 e. The fourth-order valence-electron chi connectivity index (χ4n) is 2.42. The Kier molecular flexibility index (Phi) is 5.31. The number of amidine groups is 1. The van der Waals surface area contributed by atoms with E-state index in [1.54, 1.807) is 0 Å². The second-order valence-corrected chi connectivity index (χ2v) is 8.71. The highest BCUT2D eigenvalue weighted by molar-refractivity contribution is 8.13. The molecule has 2 saturated heterocycles. The Bertz CT molecular complexity index is 291. The van der Waals surface area contributed by atoms with E-state index >= 15 is 0 Å². The first-order valence-electron chi connectivity index (χ1n) is 7.07. The van der Waals surface area contributed by atoms with Crippen LogP contribution in [0.4, 0.5) is 0 Å². The van der Waals surface area contributed by atoms with Gasteiger partial charge in [0.15, 0.2) is 5.17 Å². The van der Waals surface area contributed by atoms with Gasteiger partial charge in [0.05, 0.1) is 0 Å². The molecule has 2 heterocycles. The van der Waals surface area contributed by atoms with Crippen molar-refractivity contribution in [2.24, 2.45) is 16.3 Å². The van der Waals surface area contributed by atoms with Crippen molar-refractivity contribution in [3.63, 3.8) is 0 Å². The first kappa shape index (κ1) is 14.6. The van der Waals surface area contributed by atoms with Crippen LogP contribution in [0.3, 0.4) is 0 Å². The summed E-state index contributed by atoms with van der Waals surface area (Å²) in [6, 6.07) is 0.583. The average molecular weight is 287 g/mol. The maximum atomic E-state index is 4.83. The van der Waals surface area contributed by atoms with E-state index in [1.165, 1.54) is 41.7 Å². The topological polar surface area (TPSA) is 24.4 Å². The number of hydrogen-bond acceptors (Lipinski definition) is 3. The minimum atomic E-state index is 0.337. The maximum Gasteiger partial charge on any atom is 0.156 e. The summed E-state index contributed by atoms with van der Waals surface area (Å²) in [7, 11) is 0. The molecule has 104 valence electrons. The van der Waals surface area contributed by atoms with Crippen molar-refractivity contribution in [1.82, 2.24) is 5.32 Å². The van der Waals surface area contributed by atoms with Gasteiger partial charge in [-0.3, -0.25) is 4.99 Å². The summed E-state index contributed by atoms with van der Waals surface area (Å²) in [6.45, 7) is 7.98. The van der Waals surface area contributed by atoms with Crippen LogP contribution in [0, 0.1) is 11.3 Å². The zero-order chi connectivity index (χ0) is 13.0. The molecule has 2 fully saturated rings. The predicted octanol–water partition coefficient (Wildman–Crippen LogP) is 3.63. The molecule has 1 atom stereocenters. The summed E-state index contributed by atoms with van der Waals surface area (Å²) in [5.41, 5.74) is 0.337. The van der Waals surface area contributed by atoms with Gasteiger partial charge in [0, 0.05) is 18.3 Å². The monoisotopic (exact) mass is 286 g/mol. The molecule has 0 bridgehead atoms. The summed E-state index contributed by atoms with van der Waals surface area (Å²) < 4.78 is 0. The second-order valence-electron chi connectivity index (χ2n) is 6.40. The molecule has 0 aromatic carbocycles. The number of nitrogens with one attached hydrogen (secondary N) is 1. The lowest BCUT2D eigenvalue weighted by Gasteiger charge is -2.35. The molecule has 0 amide bonds. The van der Waals surface area contributed by atoms with Gasteiger partial charge in [0.25, 0.3) is 0 Å². The van der Waals surface area contributed by atoms with Crippen LogP contribution >= 0.6 is 23.5 Å². The third-order valence-electron chi connectivity index (χ3n) is 3.82. The number of aliphatic imine (C=N–C) groups is 1. The van der Waals surface area contributed by atoms with Crippen molar-refractivity contribution in [3.05, 3.63) is 0 Å². The highest BCUT2D eigenvalue weighted by atomic mass is 32.2. The first-order valence-corrected chi connectivity index (χ1v) is 9.21. The largest absolute Gasteiger partial charge is 0.362 e. The molecule has 0 saturated carbocycles. The van der Waals surface area contributed by atoms with Gasteiger partial charge in [-0.2, -0.15) is 11.8 Å². The molecular formula is C14H26N2S2. The first-order chi connectivity index (χ1) is 8.55. The van der Waals surface area contributed by atoms with E-state index in [0.717, 1.165) is 12.5 Å². The average Bonchev–Trinajstić information content (AvgIpc) is 2.37. The fourth-order valence-corrected chi connectivity index (χ4v) is 4.56. The third kappa shape index (κ3) is 4.37. The molecule has 0 spiro atoms. The quantitative estimate of drug-likeness (QED) is 0.839. The number of rotatable bonds is 2. The lowest BCUT2D eigenvalue weighted by atomic mass is 9.85. The van der Waals surface area contributed by atoms with E-state index in [1.807, 2.05) is 11.8 Å². The molecule has 1 N–H and O–H groups in total. The second kappa shape index (κ2) is 6.56. The zero-order valence-electron chi connectivity index (χ0n) is 11.9. The van der Waals surface area contributed by atoms with E-state index in [0.29, 0.717) is 11.5 Å². The summed E-state index contributed by atoms with van der Waals surface area (Å²) in [4.78, 5) is 4.83. The molecule has 2 rings (SSSR count). The third-order valence-corrected chi connectivity index (χ3v) is 5.83. The van der Waals surface area contributed by atoms with Crippen molar-refractivity contribution < 1.29 is 0 Å². The minimum absolute atomic E-state index is 0.337. The lowest BCUT2D eigenvalue weighted by molar-refractivity contribution is 0.290. The van der Waals surface area contributed by atoms with Crippen LogP contribution in [-0.2, 0) is 0 Å². The molecule has 1 unspecified atom stereocenters. The van der Waals surface area contributed by atoms with Gasteiger partial charge in [-0.15, -0.1) is 0 Å². The summed E-state index contributed by atoms with van der Waals surface area (Å²) in [6.07, 6.45) is 3.97. The Morgan fingerprint density at radius 2 is 1.89 bits per heavy atom. The number of nitrogens with zero attached hydrogens (tertiary/aromatic N) is 1. The SMILES string of the molecule is CC(C)(C)C1CCSC(=NCC2CCSCC2)N1. The van der Waals surface area contributed by atoms with Gasteiger partial charge in [-0.05, 0) is 42.1 Å².